The van der Waals surface area contributed by atoms with Gasteiger partial charge in [0.2, 0.25) is 0 Å². The number of carbonyl (C=O) groups excluding carboxylic acids is 1. The van der Waals surface area contributed by atoms with Crippen LogP contribution in [0.15, 0.2) is 75.9 Å². The minimum atomic E-state index is -4.64. The number of pyridine rings is 1. The van der Waals surface area contributed by atoms with Crippen molar-refractivity contribution in [3.8, 4) is 11.3 Å². The van der Waals surface area contributed by atoms with Gasteiger partial charge in [-0.2, -0.15) is 13.2 Å². The molecule has 0 saturated carbocycles. The minimum Gasteiger partial charge on any atom is -0.454 e. The lowest BCUT2D eigenvalue weighted by Crippen LogP contribution is -2.37. The Kier molecular flexibility index (Phi) is 6.19. The molecule has 10 heteroatoms. The number of nitrogens with zero attached hydrogens (tertiary/aromatic N) is 2. The molecule has 1 fully saturated rings. The number of hydrogen-bond donors (Lipinski definition) is 1. The summed E-state index contributed by atoms with van der Waals surface area (Å²) < 4.78 is 51.8. The van der Waals surface area contributed by atoms with Crippen LogP contribution in [-0.2, 0) is 10.9 Å². The van der Waals surface area contributed by atoms with Crippen LogP contribution >= 0.6 is 0 Å². The van der Waals surface area contributed by atoms with Gasteiger partial charge < -0.3 is 19.4 Å². The van der Waals surface area contributed by atoms with E-state index in [1.807, 2.05) is 4.90 Å². The zero-order valence-electron chi connectivity index (χ0n) is 18.8. The number of benzene rings is 2. The van der Waals surface area contributed by atoms with Crippen LogP contribution in [0, 0.1) is 0 Å². The summed E-state index contributed by atoms with van der Waals surface area (Å²) in [6.07, 6.45) is -4.64. The number of hydrogen-bond acceptors (Lipinski definition) is 6. The Morgan fingerprint density at radius 3 is 2.50 bits per heavy atom. The summed E-state index contributed by atoms with van der Waals surface area (Å²) in [7, 11) is 0. The Hall–Kier alpha value is -4.18. The molecule has 36 heavy (non-hydrogen) atoms. The van der Waals surface area contributed by atoms with Gasteiger partial charge in [-0.1, -0.05) is 30.3 Å². The number of rotatable bonds is 4. The zero-order valence-corrected chi connectivity index (χ0v) is 18.8. The summed E-state index contributed by atoms with van der Waals surface area (Å²) in [6, 6.07) is 15.4. The van der Waals surface area contributed by atoms with Gasteiger partial charge in [-0.15, -0.1) is 0 Å². The highest BCUT2D eigenvalue weighted by atomic mass is 19.4. The SMILES string of the molecule is O=C(Nc1cccc2c(=O)cc(-c3ccccc3C(F)(F)F)oc12)c1cccc(N2CCOCC2)n1. The van der Waals surface area contributed by atoms with Crippen LogP contribution in [0.3, 0.4) is 0 Å². The molecule has 5 rings (SSSR count). The van der Waals surface area contributed by atoms with E-state index in [-0.39, 0.29) is 33.7 Å². The van der Waals surface area contributed by atoms with Crippen molar-refractivity contribution < 1.29 is 27.1 Å². The number of amides is 1. The number of halogens is 3. The molecule has 0 unspecified atom stereocenters. The van der Waals surface area contributed by atoms with Crippen LogP contribution in [0.1, 0.15) is 16.1 Å². The van der Waals surface area contributed by atoms with Gasteiger partial charge in [0.1, 0.15) is 17.3 Å². The van der Waals surface area contributed by atoms with Crippen LogP contribution < -0.4 is 15.6 Å². The Morgan fingerprint density at radius 2 is 1.72 bits per heavy atom. The summed E-state index contributed by atoms with van der Waals surface area (Å²) >= 11 is 0. The third-order valence-electron chi connectivity index (χ3n) is 5.80. The molecule has 4 aromatic rings. The molecule has 0 radical (unpaired) electrons. The molecule has 0 aliphatic carbocycles. The fraction of sp³-hybridized carbons (Fsp3) is 0.192. The van der Waals surface area contributed by atoms with E-state index < -0.39 is 23.1 Å². The topological polar surface area (TPSA) is 84.7 Å². The predicted molar refractivity (Wildman–Crippen MR) is 128 cm³/mol. The molecule has 1 amide bonds. The van der Waals surface area contributed by atoms with E-state index in [0.29, 0.717) is 32.1 Å². The maximum atomic E-state index is 13.6. The van der Waals surface area contributed by atoms with Gasteiger partial charge in [-0.25, -0.2) is 4.98 Å². The molecule has 1 aliphatic heterocycles. The van der Waals surface area contributed by atoms with Gasteiger partial charge in [0.15, 0.2) is 11.0 Å². The van der Waals surface area contributed by atoms with E-state index in [1.165, 1.54) is 30.3 Å². The number of anilines is 2. The molecular weight excluding hydrogens is 475 g/mol. The average Bonchev–Trinajstić information content (AvgIpc) is 2.89. The summed E-state index contributed by atoms with van der Waals surface area (Å²) in [5.41, 5.74) is -1.50. The fourth-order valence-corrected chi connectivity index (χ4v) is 4.06. The highest BCUT2D eigenvalue weighted by Crippen LogP contribution is 2.37. The number of aromatic nitrogens is 1. The largest absolute Gasteiger partial charge is 0.454 e. The van der Waals surface area contributed by atoms with Crippen LogP contribution in [0.2, 0.25) is 0 Å². The second-order valence-electron chi connectivity index (χ2n) is 8.14. The monoisotopic (exact) mass is 495 g/mol. The highest BCUT2D eigenvalue weighted by molar-refractivity contribution is 6.07. The second-order valence-corrected chi connectivity index (χ2v) is 8.14. The lowest BCUT2D eigenvalue weighted by molar-refractivity contribution is -0.137. The number of fused-ring (bicyclic) bond motifs is 1. The quantitative estimate of drug-likeness (QED) is 0.431. The van der Waals surface area contributed by atoms with Crippen LogP contribution in [0.25, 0.3) is 22.3 Å². The van der Waals surface area contributed by atoms with Crippen LogP contribution in [-0.4, -0.2) is 37.2 Å². The maximum absolute atomic E-state index is 13.6. The first-order valence-corrected chi connectivity index (χ1v) is 11.2. The summed E-state index contributed by atoms with van der Waals surface area (Å²) in [4.78, 5) is 32.2. The Balaban J connectivity index is 1.52. The molecule has 1 saturated heterocycles. The van der Waals surface area contributed by atoms with Crippen molar-refractivity contribution in [3.63, 3.8) is 0 Å². The lowest BCUT2D eigenvalue weighted by Gasteiger charge is -2.27. The first-order valence-electron chi connectivity index (χ1n) is 11.2. The second kappa shape index (κ2) is 9.46. The normalized spacial score (nSPS) is 14.1. The molecule has 184 valence electrons. The van der Waals surface area contributed by atoms with Gasteiger partial charge in [0.25, 0.3) is 5.91 Å². The molecule has 3 heterocycles. The maximum Gasteiger partial charge on any atom is 0.417 e. The zero-order chi connectivity index (χ0) is 25.3. The third kappa shape index (κ3) is 4.67. The van der Waals surface area contributed by atoms with E-state index in [9.17, 15) is 22.8 Å². The molecular formula is C26H20F3N3O4. The van der Waals surface area contributed by atoms with Crippen molar-refractivity contribution in [1.29, 1.82) is 0 Å². The smallest absolute Gasteiger partial charge is 0.417 e. The lowest BCUT2D eigenvalue weighted by atomic mass is 10.0. The van der Waals surface area contributed by atoms with E-state index in [4.69, 9.17) is 9.15 Å². The van der Waals surface area contributed by atoms with E-state index in [1.54, 1.807) is 24.3 Å². The van der Waals surface area contributed by atoms with Gasteiger partial charge in [-0.3, -0.25) is 9.59 Å². The summed E-state index contributed by atoms with van der Waals surface area (Å²) in [5, 5.41) is 2.80. The molecule has 0 atom stereocenters. The van der Waals surface area contributed by atoms with E-state index in [2.05, 4.69) is 10.3 Å². The highest BCUT2D eigenvalue weighted by Gasteiger charge is 2.34. The number of para-hydroxylation sites is 1. The van der Waals surface area contributed by atoms with Crippen LogP contribution in [0.5, 0.6) is 0 Å². The molecule has 1 N–H and O–H groups in total. The standard InChI is InChI=1S/C26H20F3N3O4/c27-26(28,29)18-7-2-1-5-16(18)22-15-21(33)17-6-3-8-19(24(17)36-22)31-25(34)20-9-4-10-23(30-20)32-11-13-35-14-12-32/h1-10,15H,11-14H2,(H,31,34). The molecule has 1 aliphatic rings. The number of carbonyl (C=O) groups is 1. The average molecular weight is 495 g/mol. The van der Waals surface area contributed by atoms with Crippen molar-refractivity contribution in [2.75, 3.05) is 36.5 Å². The number of ether oxygens (including phenoxy) is 1. The van der Waals surface area contributed by atoms with E-state index >= 15 is 0 Å². The number of morpholine rings is 1. The molecule has 7 nitrogen and oxygen atoms in total. The number of nitrogens with one attached hydrogen (secondary N) is 1. The van der Waals surface area contributed by atoms with Crippen LogP contribution in [0.4, 0.5) is 24.7 Å². The first kappa shape index (κ1) is 23.6. The van der Waals surface area contributed by atoms with Crippen molar-refractivity contribution in [1.82, 2.24) is 4.98 Å². The Morgan fingerprint density at radius 1 is 0.972 bits per heavy atom. The van der Waals surface area contributed by atoms with Crippen molar-refractivity contribution in [2.45, 2.75) is 6.18 Å². The van der Waals surface area contributed by atoms with E-state index in [0.717, 1.165) is 12.1 Å². The van der Waals surface area contributed by atoms with Crippen molar-refractivity contribution >= 4 is 28.4 Å². The fourth-order valence-electron chi connectivity index (χ4n) is 4.06. The van der Waals surface area contributed by atoms with Gasteiger partial charge in [0.05, 0.1) is 29.9 Å². The Labute approximate surface area is 203 Å². The molecule has 2 aromatic heterocycles. The minimum absolute atomic E-state index is 0.0327. The Bertz CT molecular complexity index is 1490. The van der Waals surface area contributed by atoms with Gasteiger partial charge in [-0.05, 0) is 30.3 Å². The van der Waals surface area contributed by atoms with Gasteiger partial charge >= 0.3 is 6.18 Å². The van der Waals surface area contributed by atoms with Crippen molar-refractivity contribution in [3.05, 3.63) is 88.2 Å². The first-order chi connectivity index (χ1) is 17.3. The van der Waals surface area contributed by atoms with Crippen molar-refractivity contribution in [2.24, 2.45) is 0 Å². The summed E-state index contributed by atoms with van der Waals surface area (Å²) in [5.74, 6) is -0.183. The molecule has 2 aromatic carbocycles. The predicted octanol–water partition coefficient (Wildman–Crippen LogP) is 4.96. The summed E-state index contributed by atoms with van der Waals surface area (Å²) in [6.45, 7) is 2.42. The molecule has 0 spiro atoms. The third-order valence-corrected chi connectivity index (χ3v) is 5.80. The van der Waals surface area contributed by atoms with Gasteiger partial charge in [0, 0.05) is 24.7 Å². The molecule has 0 bridgehead atoms. The number of alkyl halides is 3.